The average Bonchev–Trinajstić information content (AvgIpc) is 3.11. The Kier molecular flexibility index (Phi) is 4.03. The van der Waals surface area contributed by atoms with Gasteiger partial charge >= 0.3 is 0 Å². The van der Waals surface area contributed by atoms with Gasteiger partial charge in [0.25, 0.3) is 0 Å². The van der Waals surface area contributed by atoms with Crippen molar-refractivity contribution in [2.24, 2.45) is 5.84 Å². The number of nitrogens with zero attached hydrogens (tertiary/aromatic N) is 3. The first-order chi connectivity index (χ1) is 10.2. The van der Waals surface area contributed by atoms with Crippen molar-refractivity contribution in [2.45, 2.75) is 13.0 Å². The molecule has 3 rings (SSSR count). The Bertz CT molecular complexity index is 737. The largest absolute Gasteiger partial charge is 0.270 e. The zero-order valence-electron chi connectivity index (χ0n) is 11.3. The first-order valence-electron chi connectivity index (χ1n) is 6.38. The van der Waals surface area contributed by atoms with Crippen molar-refractivity contribution >= 4 is 22.9 Å². The van der Waals surface area contributed by atoms with E-state index in [-0.39, 0.29) is 6.04 Å². The van der Waals surface area contributed by atoms with Crippen LogP contribution in [0.1, 0.15) is 22.2 Å². The smallest absolute Gasteiger partial charge is 0.101 e. The van der Waals surface area contributed by atoms with Gasteiger partial charge in [-0.05, 0) is 30.0 Å². The van der Waals surface area contributed by atoms with Crippen molar-refractivity contribution in [2.75, 3.05) is 0 Å². The predicted octanol–water partition coefficient (Wildman–Crippen LogP) is 2.84. The first kappa shape index (κ1) is 14.2. The summed E-state index contributed by atoms with van der Waals surface area (Å²) >= 11 is 7.93. The lowest BCUT2D eigenvalue weighted by Crippen LogP contribution is -2.30. The number of aromatic nitrogens is 3. The monoisotopic (exact) mass is 319 g/mol. The van der Waals surface area contributed by atoms with Gasteiger partial charge in [-0.2, -0.15) is 0 Å². The Hall–Kier alpha value is -1.73. The second-order valence-electron chi connectivity index (χ2n) is 4.60. The Labute approximate surface area is 131 Å². The van der Waals surface area contributed by atoms with E-state index < -0.39 is 0 Å². The molecule has 1 atom stereocenters. The van der Waals surface area contributed by atoms with Crippen LogP contribution in [0.25, 0.3) is 5.69 Å². The number of hydrogen-bond donors (Lipinski definition) is 2. The number of thiophene rings is 1. The van der Waals surface area contributed by atoms with Crippen molar-refractivity contribution in [3.63, 3.8) is 0 Å². The third kappa shape index (κ3) is 2.58. The summed E-state index contributed by atoms with van der Waals surface area (Å²) in [5, 5.41) is 10.9. The van der Waals surface area contributed by atoms with Gasteiger partial charge in [-0.15, -0.1) is 16.4 Å². The van der Waals surface area contributed by atoms with Crippen LogP contribution >= 0.6 is 22.9 Å². The highest BCUT2D eigenvalue weighted by molar-refractivity contribution is 7.10. The summed E-state index contributed by atoms with van der Waals surface area (Å²) < 4.78 is 1.76. The molecule has 5 nitrogen and oxygen atoms in total. The molecule has 0 aliphatic rings. The molecular weight excluding hydrogens is 306 g/mol. The maximum Gasteiger partial charge on any atom is 0.101 e. The molecule has 0 aliphatic heterocycles. The number of nitrogens with one attached hydrogen (secondary N) is 1. The molecule has 0 spiro atoms. The molecule has 0 amide bonds. The van der Waals surface area contributed by atoms with Gasteiger partial charge in [0.05, 0.1) is 22.6 Å². The molecule has 1 aromatic carbocycles. The molecule has 0 saturated heterocycles. The van der Waals surface area contributed by atoms with Crippen molar-refractivity contribution in [3.05, 3.63) is 63.1 Å². The van der Waals surface area contributed by atoms with Gasteiger partial charge in [0, 0.05) is 4.88 Å². The number of hydrazine groups is 1. The van der Waals surface area contributed by atoms with E-state index in [0.717, 1.165) is 26.8 Å². The third-order valence-electron chi connectivity index (χ3n) is 3.23. The van der Waals surface area contributed by atoms with E-state index in [2.05, 4.69) is 15.7 Å². The Morgan fingerprint density at radius 2 is 2.10 bits per heavy atom. The van der Waals surface area contributed by atoms with E-state index in [1.807, 2.05) is 42.6 Å². The van der Waals surface area contributed by atoms with E-state index in [9.17, 15) is 0 Å². The molecule has 0 saturated carbocycles. The lowest BCUT2D eigenvalue weighted by molar-refractivity contribution is 0.603. The Morgan fingerprint density at radius 3 is 2.71 bits per heavy atom. The van der Waals surface area contributed by atoms with E-state index in [1.165, 1.54) is 0 Å². The van der Waals surface area contributed by atoms with E-state index in [0.29, 0.717) is 0 Å². The van der Waals surface area contributed by atoms with Gasteiger partial charge in [0.2, 0.25) is 0 Å². The van der Waals surface area contributed by atoms with Crippen LogP contribution in [0, 0.1) is 6.92 Å². The molecule has 7 heteroatoms. The predicted molar refractivity (Wildman–Crippen MR) is 84.6 cm³/mol. The fraction of sp³-hybridized carbons (Fsp3) is 0.143. The molecule has 0 radical (unpaired) electrons. The highest BCUT2D eigenvalue weighted by Crippen LogP contribution is 2.35. The maximum absolute atomic E-state index is 6.36. The van der Waals surface area contributed by atoms with Crippen LogP contribution in [0.2, 0.25) is 5.02 Å². The molecular formula is C14H14ClN5S. The lowest BCUT2D eigenvalue weighted by atomic mass is 10.1. The number of benzene rings is 1. The second-order valence-corrected chi connectivity index (χ2v) is 5.89. The summed E-state index contributed by atoms with van der Waals surface area (Å²) in [6.07, 6.45) is 1.70. The number of para-hydroxylation sites is 1. The highest BCUT2D eigenvalue weighted by Gasteiger charge is 2.23. The van der Waals surface area contributed by atoms with Gasteiger partial charge in [-0.1, -0.05) is 35.0 Å². The van der Waals surface area contributed by atoms with E-state index in [4.69, 9.17) is 17.4 Å². The lowest BCUT2D eigenvalue weighted by Gasteiger charge is -2.16. The normalized spacial score (nSPS) is 12.5. The van der Waals surface area contributed by atoms with Crippen LogP contribution in [0.15, 0.2) is 41.9 Å². The molecule has 0 bridgehead atoms. The summed E-state index contributed by atoms with van der Waals surface area (Å²) in [7, 11) is 0. The SMILES string of the molecule is Cc1csc(C(NN)c2cnnn2-c2ccccc2)c1Cl. The van der Waals surface area contributed by atoms with Crippen LogP contribution < -0.4 is 11.3 Å². The summed E-state index contributed by atoms with van der Waals surface area (Å²) in [6.45, 7) is 1.97. The van der Waals surface area contributed by atoms with Crippen LogP contribution in [0.5, 0.6) is 0 Å². The molecule has 2 aromatic heterocycles. The second kappa shape index (κ2) is 5.95. The molecule has 21 heavy (non-hydrogen) atoms. The van der Waals surface area contributed by atoms with Crippen molar-refractivity contribution in [1.82, 2.24) is 20.4 Å². The van der Waals surface area contributed by atoms with Gasteiger partial charge in [0.1, 0.15) is 6.04 Å². The standard InChI is InChI=1S/C14H14ClN5S/c1-9-8-21-14(12(9)15)13(18-16)11-7-17-19-20(11)10-5-3-2-4-6-10/h2-8,13,18H,16H2,1H3. The quantitative estimate of drug-likeness (QED) is 0.573. The number of rotatable bonds is 4. The van der Waals surface area contributed by atoms with Gasteiger partial charge in [0.15, 0.2) is 0 Å². The maximum atomic E-state index is 6.36. The third-order valence-corrected chi connectivity index (χ3v) is 5.01. The highest BCUT2D eigenvalue weighted by atomic mass is 35.5. The zero-order chi connectivity index (χ0) is 14.8. The average molecular weight is 320 g/mol. The number of hydrogen-bond acceptors (Lipinski definition) is 5. The number of aryl methyl sites for hydroxylation is 1. The molecule has 0 aliphatic carbocycles. The van der Waals surface area contributed by atoms with E-state index >= 15 is 0 Å². The minimum atomic E-state index is -0.258. The topological polar surface area (TPSA) is 68.8 Å². The molecule has 108 valence electrons. The van der Waals surface area contributed by atoms with Crippen LogP contribution in [0.4, 0.5) is 0 Å². The summed E-state index contributed by atoms with van der Waals surface area (Å²) in [6, 6.07) is 9.53. The van der Waals surface area contributed by atoms with Gasteiger partial charge < -0.3 is 0 Å². The Morgan fingerprint density at radius 1 is 1.33 bits per heavy atom. The van der Waals surface area contributed by atoms with Crippen molar-refractivity contribution in [1.29, 1.82) is 0 Å². The molecule has 2 heterocycles. The van der Waals surface area contributed by atoms with Crippen LogP contribution in [-0.4, -0.2) is 15.0 Å². The van der Waals surface area contributed by atoms with Gasteiger partial charge in [-0.3, -0.25) is 5.84 Å². The molecule has 0 fully saturated rings. The van der Waals surface area contributed by atoms with Crippen LogP contribution in [-0.2, 0) is 0 Å². The fourth-order valence-electron chi connectivity index (χ4n) is 2.15. The Balaban J connectivity index is 2.07. The van der Waals surface area contributed by atoms with Crippen molar-refractivity contribution < 1.29 is 0 Å². The molecule has 1 unspecified atom stereocenters. The minimum Gasteiger partial charge on any atom is -0.270 e. The summed E-state index contributed by atoms with van der Waals surface area (Å²) in [4.78, 5) is 0.955. The summed E-state index contributed by atoms with van der Waals surface area (Å²) in [5.41, 5.74) is 5.61. The zero-order valence-corrected chi connectivity index (χ0v) is 12.9. The van der Waals surface area contributed by atoms with Crippen molar-refractivity contribution in [3.8, 4) is 5.69 Å². The fourth-order valence-corrected chi connectivity index (χ4v) is 3.52. The molecule has 3 N–H and O–H groups in total. The molecule has 3 aromatic rings. The van der Waals surface area contributed by atoms with E-state index in [1.54, 1.807) is 22.2 Å². The summed E-state index contributed by atoms with van der Waals surface area (Å²) in [5.74, 6) is 5.75. The van der Waals surface area contributed by atoms with Crippen LogP contribution in [0.3, 0.4) is 0 Å². The van der Waals surface area contributed by atoms with Gasteiger partial charge in [-0.25, -0.2) is 10.1 Å². The number of nitrogens with two attached hydrogens (primary N) is 1. The first-order valence-corrected chi connectivity index (χ1v) is 7.63. The minimum absolute atomic E-state index is 0.258. The number of halogens is 1.